The molecule has 1 amide bonds. The normalized spacial score (nSPS) is 10.4. The van der Waals surface area contributed by atoms with E-state index >= 15 is 0 Å². The standard InChI is InChI=1S/C14H9Br2Cl2NO/c1-7-4-10(16)13(6-12(7)18)19-14(20)9-5-8(15)2-3-11(9)17/h2-6H,1H3,(H,19,20). The van der Waals surface area contributed by atoms with Crippen LogP contribution in [0.2, 0.25) is 10.0 Å². The second-order valence-electron chi connectivity index (χ2n) is 4.16. The Morgan fingerprint density at radius 1 is 1.10 bits per heavy atom. The highest BCUT2D eigenvalue weighted by molar-refractivity contribution is 9.10. The summed E-state index contributed by atoms with van der Waals surface area (Å²) >= 11 is 18.8. The second kappa shape index (κ2) is 6.48. The minimum absolute atomic E-state index is 0.295. The van der Waals surface area contributed by atoms with Crippen molar-refractivity contribution in [2.24, 2.45) is 0 Å². The minimum Gasteiger partial charge on any atom is -0.321 e. The Labute approximate surface area is 143 Å². The van der Waals surface area contributed by atoms with Crippen molar-refractivity contribution in [3.8, 4) is 0 Å². The molecule has 0 atom stereocenters. The molecule has 0 radical (unpaired) electrons. The van der Waals surface area contributed by atoms with E-state index in [2.05, 4.69) is 37.2 Å². The maximum atomic E-state index is 12.3. The van der Waals surface area contributed by atoms with Crippen molar-refractivity contribution in [2.45, 2.75) is 6.92 Å². The van der Waals surface area contributed by atoms with Crippen molar-refractivity contribution >= 4 is 66.7 Å². The van der Waals surface area contributed by atoms with Gasteiger partial charge in [-0.05, 0) is 58.7 Å². The van der Waals surface area contributed by atoms with E-state index in [4.69, 9.17) is 23.2 Å². The van der Waals surface area contributed by atoms with Crippen LogP contribution in [0.1, 0.15) is 15.9 Å². The largest absolute Gasteiger partial charge is 0.321 e. The lowest BCUT2D eigenvalue weighted by atomic mass is 10.2. The Kier molecular flexibility index (Phi) is 5.13. The van der Waals surface area contributed by atoms with Gasteiger partial charge >= 0.3 is 0 Å². The molecule has 0 aliphatic carbocycles. The van der Waals surface area contributed by atoms with Gasteiger partial charge in [-0.1, -0.05) is 39.1 Å². The van der Waals surface area contributed by atoms with E-state index in [-0.39, 0.29) is 5.91 Å². The fourth-order valence-electron chi connectivity index (χ4n) is 1.60. The molecule has 0 saturated carbocycles. The highest BCUT2D eigenvalue weighted by Crippen LogP contribution is 2.30. The maximum Gasteiger partial charge on any atom is 0.257 e. The van der Waals surface area contributed by atoms with Crippen LogP contribution in [0, 0.1) is 6.92 Å². The van der Waals surface area contributed by atoms with Gasteiger partial charge in [0.2, 0.25) is 0 Å². The van der Waals surface area contributed by atoms with E-state index < -0.39 is 0 Å². The highest BCUT2D eigenvalue weighted by atomic mass is 79.9. The van der Waals surface area contributed by atoms with Crippen molar-refractivity contribution in [1.82, 2.24) is 0 Å². The Hall–Kier alpha value is -0.550. The summed E-state index contributed by atoms with van der Waals surface area (Å²) in [4.78, 5) is 12.3. The Morgan fingerprint density at radius 3 is 2.50 bits per heavy atom. The molecule has 2 aromatic carbocycles. The average molecular weight is 438 g/mol. The summed E-state index contributed by atoms with van der Waals surface area (Å²) < 4.78 is 1.55. The fraction of sp³-hybridized carbons (Fsp3) is 0.0714. The first-order valence-corrected chi connectivity index (χ1v) is 7.94. The number of rotatable bonds is 2. The Balaban J connectivity index is 2.32. The number of nitrogens with one attached hydrogen (secondary N) is 1. The van der Waals surface area contributed by atoms with Crippen LogP contribution in [0.25, 0.3) is 0 Å². The zero-order valence-electron chi connectivity index (χ0n) is 10.3. The molecule has 0 bridgehead atoms. The SMILES string of the molecule is Cc1cc(Br)c(NC(=O)c2cc(Br)ccc2Cl)cc1Cl. The van der Waals surface area contributed by atoms with Gasteiger partial charge in [0.15, 0.2) is 0 Å². The number of carbonyl (C=O) groups is 1. The molecule has 2 aromatic rings. The lowest BCUT2D eigenvalue weighted by Crippen LogP contribution is -2.13. The van der Waals surface area contributed by atoms with Crippen molar-refractivity contribution in [3.63, 3.8) is 0 Å². The number of carbonyl (C=O) groups excluding carboxylic acids is 1. The summed E-state index contributed by atoms with van der Waals surface area (Å²) in [5.74, 6) is -0.295. The van der Waals surface area contributed by atoms with E-state index in [0.717, 1.165) is 14.5 Å². The van der Waals surface area contributed by atoms with E-state index in [1.54, 1.807) is 24.3 Å². The molecule has 0 saturated heterocycles. The van der Waals surface area contributed by atoms with Gasteiger partial charge in [-0.3, -0.25) is 4.79 Å². The van der Waals surface area contributed by atoms with E-state index in [1.165, 1.54) is 0 Å². The molecule has 104 valence electrons. The van der Waals surface area contributed by atoms with Crippen LogP contribution in [0.15, 0.2) is 39.3 Å². The quantitative estimate of drug-likeness (QED) is 0.606. The van der Waals surface area contributed by atoms with Crippen molar-refractivity contribution in [2.75, 3.05) is 5.32 Å². The molecule has 0 aliphatic rings. The van der Waals surface area contributed by atoms with Crippen molar-refractivity contribution in [1.29, 1.82) is 0 Å². The molecule has 0 aromatic heterocycles. The van der Waals surface area contributed by atoms with Gasteiger partial charge in [0, 0.05) is 14.0 Å². The highest BCUT2D eigenvalue weighted by Gasteiger charge is 2.13. The third-order valence-corrected chi connectivity index (χ3v) is 4.56. The van der Waals surface area contributed by atoms with Crippen LogP contribution < -0.4 is 5.32 Å². The van der Waals surface area contributed by atoms with Crippen molar-refractivity contribution < 1.29 is 4.79 Å². The first kappa shape index (κ1) is 15.8. The number of aryl methyl sites for hydroxylation is 1. The van der Waals surface area contributed by atoms with Crippen LogP contribution in [-0.4, -0.2) is 5.91 Å². The molecular formula is C14H9Br2Cl2NO. The summed E-state index contributed by atoms with van der Waals surface area (Å²) in [7, 11) is 0. The monoisotopic (exact) mass is 435 g/mol. The van der Waals surface area contributed by atoms with Gasteiger partial charge in [-0.25, -0.2) is 0 Å². The average Bonchev–Trinajstić information content (AvgIpc) is 2.38. The molecule has 2 nitrogen and oxygen atoms in total. The summed E-state index contributed by atoms with van der Waals surface area (Å²) in [6.45, 7) is 1.89. The molecule has 0 spiro atoms. The van der Waals surface area contributed by atoms with Gasteiger partial charge in [0.25, 0.3) is 5.91 Å². The molecule has 0 heterocycles. The first-order chi connectivity index (χ1) is 9.38. The van der Waals surface area contributed by atoms with Crippen LogP contribution in [-0.2, 0) is 0 Å². The van der Waals surface area contributed by atoms with Crippen molar-refractivity contribution in [3.05, 3.63) is 60.4 Å². The Bertz CT molecular complexity index is 689. The maximum absolute atomic E-state index is 12.3. The zero-order chi connectivity index (χ0) is 14.9. The number of anilines is 1. The third kappa shape index (κ3) is 3.55. The zero-order valence-corrected chi connectivity index (χ0v) is 15.0. The summed E-state index contributed by atoms with van der Waals surface area (Å²) in [6.07, 6.45) is 0. The van der Waals surface area contributed by atoms with E-state index in [9.17, 15) is 4.79 Å². The second-order valence-corrected chi connectivity index (χ2v) is 6.74. The van der Waals surface area contributed by atoms with E-state index in [0.29, 0.717) is 21.3 Å². The number of halogens is 4. The predicted molar refractivity (Wildman–Crippen MR) is 91.0 cm³/mol. The minimum atomic E-state index is -0.295. The smallest absolute Gasteiger partial charge is 0.257 e. The molecule has 6 heteroatoms. The summed E-state index contributed by atoms with van der Waals surface area (Å²) in [5.41, 5.74) is 1.92. The Morgan fingerprint density at radius 2 is 1.80 bits per heavy atom. The van der Waals surface area contributed by atoms with E-state index in [1.807, 2.05) is 13.0 Å². The summed E-state index contributed by atoms with van der Waals surface area (Å²) in [5, 5.41) is 3.76. The first-order valence-electron chi connectivity index (χ1n) is 5.60. The molecule has 0 unspecified atom stereocenters. The van der Waals surface area contributed by atoms with Gasteiger partial charge in [0.1, 0.15) is 0 Å². The lowest BCUT2D eigenvalue weighted by Gasteiger charge is -2.10. The van der Waals surface area contributed by atoms with Crippen LogP contribution >= 0.6 is 55.1 Å². The molecule has 0 fully saturated rings. The number of amides is 1. The fourth-order valence-corrected chi connectivity index (χ4v) is 2.89. The van der Waals surface area contributed by atoms with Gasteiger partial charge in [-0.15, -0.1) is 0 Å². The van der Waals surface area contributed by atoms with Crippen LogP contribution in [0.3, 0.4) is 0 Å². The number of hydrogen-bond donors (Lipinski definition) is 1. The molecule has 0 aliphatic heterocycles. The van der Waals surface area contributed by atoms with Gasteiger partial charge in [0.05, 0.1) is 16.3 Å². The summed E-state index contributed by atoms with van der Waals surface area (Å²) in [6, 6.07) is 8.65. The lowest BCUT2D eigenvalue weighted by molar-refractivity contribution is 0.102. The molecule has 2 rings (SSSR count). The number of hydrogen-bond acceptors (Lipinski definition) is 1. The third-order valence-electron chi connectivity index (χ3n) is 2.67. The molecular weight excluding hydrogens is 429 g/mol. The van der Waals surface area contributed by atoms with Crippen LogP contribution in [0.4, 0.5) is 5.69 Å². The number of benzene rings is 2. The molecule has 1 N–H and O–H groups in total. The van der Waals surface area contributed by atoms with Gasteiger partial charge in [-0.2, -0.15) is 0 Å². The molecule has 20 heavy (non-hydrogen) atoms. The predicted octanol–water partition coefficient (Wildman–Crippen LogP) is 6.08. The van der Waals surface area contributed by atoms with Gasteiger partial charge < -0.3 is 5.32 Å². The topological polar surface area (TPSA) is 29.1 Å². The van der Waals surface area contributed by atoms with Crippen LogP contribution in [0.5, 0.6) is 0 Å².